The number of hydrogen-bond donors (Lipinski definition) is 1. The van der Waals surface area contributed by atoms with Crippen molar-refractivity contribution in [2.75, 3.05) is 5.73 Å². The molecule has 15 heavy (non-hydrogen) atoms. The standard InChI is InChI=1S/C10H9ClN2O2/c11-7-3-1-2-4-8(7)14-6-10-13-5-9(12)15-10/h1-5H,6,12H2. The first-order valence-corrected chi connectivity index (χ1v) is 4.71. The van der Waals surface area contributed by atoms with Crippen LogP contribution in [0.1, 0.15) is 5.89 Å². The third-order valence-corrected chi connectivity index (χ3v) is 2.07. The van der Waals surface area contributed by atoms with Crippen molar-refractivity contribution in [3.63, 3.8) is 0 Å². The second-order valence-corrected chi connectivity index (χ2v) is 3.28. The first-order chi connectivity index (χ1) is 7.25. The average molecular weight is 225 g/mol. The quantitative estimate of drug-likeness (QED) is 0.870. The molecule has 1 aromatic carbocycles. The molecule has 5 heteroatoms. The number of nitrogens with zero attached hydrogens (tertiary/aromatic N) is 1. The van der Waals surface area contributed by atoms with Gasteiger partial charge in [0.25, 0.3) is 0 Å². The molecule has 2 N–H and O–H groups in total. The minimum atomic E-state index is 0.209. The highest BCUT2D eigenvalue weighted by atomic mass is 35.5. The molecule has 0 radical (unpaired) electrons. The van der Waals surface area contributed by atoms with Crippen LogP contribution in [-0.2, 0) is 6.61 Å². The van der Waals surface area contributed by atoms with E-state index in [2.05, 4.69) is 4.98 Å². The molecular weight excluding hydrogens is 216 g/mol. The normalized spacial score (nSPS) is 10.2. The van der Waals surface area contributed by atoms with E-state index in [-0.39, 0.29) is 12.5 Å². The van der Waals surface area contributed by atoms with E-state index in [1.807, 2.05) is 12.1 Å². The molecular formula is C10H9ClN2O2. The zero-order valence-electron chi connectivity index (χ0n) is 7.81. The van der Waals surface area contributed by atoms with Crippen LogP contribution in [0.15, 0.2) is 34.9 Å². The van der Waals surface area contributed by atoms with Gasteiger partial charge in [0.15, 0.2) is 6.61 Å². The van der Waals surface area contributed by atoms with Crippen molar-refractivity contribution in [2.24, 2.45) is 0 Å². The van der Waals surface area contributed by atoms with Crippen LogP contribution in [0.3, 0.4) is 0 Å². The van der Waals surface area contributed by atoms with E-state index >= 15 is 0 Å². The number of rotatable bonds is 3. The van der Waals surface area contributed by atoms with Gasteiger partial charge in [-0.15, -0.1) is 0 Å². The Balaban J connectivity index is 2.02. The van der Waals surface area contributed by atoms with Crippen molar-refractivity contribution in [3.05, 3.63) is 41.4 Å². The first kappa shape index (κ1) is 9.86. The van der Waals surface area contributed by atoms with Crippen LogP contribution >= 0.6 is 11.6 Å². The number of oxazole rings is 1. The number of ether oxygens (including phenoxy) is 1. The Labute approximate surface area is 91.6 Å². The maximum absolute atomic E-state index is 5.89. The van der Waals surface area contributed by atoms with Gasteiger partial charge in [-0.1, -0.05) is 23.7 Å². The van der Waals surface area contributed by atoms with Crippen molar-refractivity contribution >= 4 is 17.5 Å². The number of anilines is 1. The highest BCUT2D eigenvalue weighted by Crippen LogP contribution is 2.24. The largest absolute Gasteiger partial charge is 0.482 e. The van der Waals surface area contributed by atoms with Crippen molar-refractivity contribution in [1.82, 2.24) is 4.98 Å². The van der Waals surface area contributed by atoms with Crippen LogP contribution < -0.4 is 10.5 Å². The number of hydrogen-bond acceptors (Lipinski definition) is 4. The highest BCUT2D eigenvalue weighted by molar-refractivity contribution is 6.32. The van der Waals surface area contributed by atoms with Gasteiger partial charge in [0.1, 0.15) is 5.75 Å². The fourth-order valence-electron chi connectivity index (χ4n) is 1.09. The Bertz CT molecular complexity index is 456. The smallest absolute Gasteiger partial charge is 0.234 e. The number of aromatic nitrogens is 1. The fraction of sp³-hybridized carbons (Fsp3) is 0.100. The average Bonchev–Trinajstić information content (AvgIpc) is 2.63. The third-order valence-electron chi connectivity index (χ3n) is 1.76. The van der Waals surface area contributed by atoms with E-state index in [0.717, 1.165) is 0 Å². The van der Waals surface area contributed by atoms with Crippen LogP contribution in [-0.4, -0.2) is 4.98 Å². The van der Waals surface area contributed by atoms with Crippen LogP contribution in [0.4, 0.5) is 5.88 Å². The molecule has 0 aliphatic carbocycles. The van der Waals surface area contributed by atoms with Crippen LogP contribution in [0.5, 0.6) is 5.75 Å². The van der Waals surface area contributed by atoms with Crippen molar-refractivity contribution in [3.8, 4) is 5.75 Å². The summed E-state index contributed by atoms with van der Waals surface area (Å²) in [5.41, 5.74) is 5.37. The van der Waals surface area contributed by atoms with Gasteiger partial charge in [-0.3, -0.25) is 0 Å². The number of para-hydroxylation sites is 1. The van der Waals surface area contributed by atoms with Gasteiger partial charge in [0.05, 0.1) is 11.2 Å². The minimum absolute atomic E-state index is 0.209. The van der Waals surface area contributed by atoms with Crippen LogP contribution in [0.25, 0.3) is 0 Å². The van der Waals surface area contributed by atoms with E-state index < -0.39 is 0 Å². The molecule has 0 aliphatic rings. The van der Waals surface area contributed by atoms with Crippen LogP contribution in [0, 0.1) is 0 Å². The monoisotopic (exact) mass is 224 g/mol. The summed E-state index contributed by atoms with van der Waals surface area (Å²) in [6, 6.07) is 7.19. The lowest BCUT2D eigenvalue weighted by Gasteiger charge is -2.04. The molecule has 78 valence electrons. The summed E-state index contributed by atoms with van der Waals surface area (Å²) in [5.74, 6) is 1.29. The number of benzene rings is 1. The molecule has 0 amide bonds. The molecule has 0 saturated carbocycles. The number of nitrogen functional groups attached to an aromatic ring is 1. The minimum Gasteiger partial charge on any atom is -0.482 e. The highest BCUT2D eigenvalue weighted by Gasteiger charge is 2.04. The lowest BCUT2D eigenvalue weighted by molar-refractivity contribution is 0.265. The molecule has 0 atom stereocenters. The first-order valence-electron chi connectivity index (χ1n) is 4.33. The Kier molecular flexibility index (Phi) is 2.78. The van der Waals surface area contributed by atoms with Crippen molar-refractivity contribution in [1.29, 1.82) is 0 Å². The molecule has 0 saturated heterocycles. The van der Waals surface area contributed by atoms with Gasteiger partial charge < -0.3 is 14.9 Å². The molecule has 0 unspecified atom stereocenters. The summed E-state index contributed by atoms with van der Waals surface area (Å²) in [4.78, 5) is 3.90. The van der Waals surface area contributed by atoms with E-state index in [0.29, 0.717) is 16.7 Å². The van der Waals surface area contributed by atoms with E-state index in [1.54, 1.807) is 12.1 Å². The molecule has 1 heterocycles. The molecule has 0 aliphatic heterocycles. The molecule has 2 aromatic rings. The molecule has 4 nitrogen and oxygen atoms in total. The molecule has 0 spiro atoms. The number of nitrogens with two attached hydrogens (primary N) is 1. The number of halogens is 1. The maximum atomic E-state index is 5.89. The fourth-order valence-corrected chi connectivity index (χ4v) is 1.28. The van der Waals surface area contributed by atoms with Gasteiger partial charge in [0.2, 0.25) is 11.8 Å². The second kappa shape index (κ2) is 4.23. The van der Waals surface area contributed by atoms with E-state index in [9.17, 15) is 0 Å². The van der Waals surface area contributed by atoms with Gasteiger partial charge in [-0.2, -0.15) is 0 Å². The summed E-state index contributed by atoms with van der Waals surface area (Å²) in [6.45, 7) is 0.209. The van der Waals surface area contributed by atoms with Crippen LogP contribution in [0.2, 0.25) is 5.02 Å². The van der Waals surface area contributed by atoms with Gasteiger partial charge in [-0.05, 0) is 12.1 Å². The molecule has 1 aromatic heterocycles. The summed E-state index contributed by atoms with van der Waals surface area (Å²) < 4.78 is 10.4. The second-order valence-electron chi connectivity index (χ2n) is 2.88. The van der Waals surface area contributed by atoms with Gasteiger partial charge in [0, 0.05) is 0 Å². The van der Waals surface area contributed by atoms with Crippen molar-refractivity contribution in [2.45, 2.75) is 6.61 Å². The van der Waals surface area contributed by atoms with E-state index in [1.165, 1.54) is 6.20 Å². The Morgan fingerprint density at radius 3 is 2.87 bits per heavy atom. The zero-order valence-corrected chi connectivity index (χ0v) is 8.57. The summed E-state index contributed by atoms with van der Waals surface area (Å²) in [7, 11) is 0. The van der Waals surface area contributed by atoms with Crippen molar-refractivity contribution < 1.29 is 9.15 Å². The summed E-state index contributed by atoms with van der Waals surface area (Å²) in [6.07, 6.45) is 1.44. The predicted molar refractivity (Wildman–Crippen MR) is 56.7 cm³/mol. The van der Waals surface area contributed by atoms with Gasteiger partial charge in [-0.25, -0.2) is 4.98 Å². The lowest BCUT2D eigenvalue weighted by atomic mass is 10.3. The topological polar surface area (TPSA) is 61.3 Å². The van der Waals surface area contributed by atoms with Gasteiger partial charge >= 0.3 is 0 Å². The lowest BCUT2D eigenvalue weighted by Crippen LogP contribution is -1.95. The van der Waals surface area contributed by atoms with E-state index in [4.69, 9.17) is 26.5 Å². The molecule has 2 rings (SSSR count). The molecule has 0 fully saturated rings. The summed E-state index contributed by atoms with van der Waals surface area (Å²) >= 11 is 5.89. The maximum Gasteiger partial charge on any atom is 0.234 e. The third kappa shape index (κ3) is 2.41. The predicted octanol–water partition coefficient (Wildman–Crippen LogP) is 2.49. The Morgan fingerprint density at radius 1 is 1.40 bits per heavy atom. The summed E-state index contributed by atoms with van der Waals surface area (Å²) in [5, 5.41) is 0.553. The molecule has 0 bridgehead atoms. The Morgan fingerprint density at radius 2 is 2.20 bits per heavy atom. The zero-order chi connectivity index (χ0) is 10.7. The SMILES string of the molecule is Nc1cnc(COc2ccccc2Cl)o1. The Hall–Kier alpha value is -1.68.